The van der Waals surface area contributed by atoms with Crippen LogP contribution in [0.1, 0.15) is 51.2 Å². The van der Waals surface area contributed by atoms with Gasteiger partial charge in [-0.2, -0.15) is 0 Å². The summed E-state index contributed by atoms with van der Waals surface area (Å²) < 4.78 is 26.0. The largest absolute Gasteiger partial charge is 0.352 e. The summed E-state index contributed by atoms with van der Waals surface area (Å²) in [7, 11) is -3.49. The van der Waals surface area contributed by atoms with Gasteiger partial charge in [-0.15, -0.1) is 0 Å². The van der Waals surface area contributed by atoms with Gasteiger partial charge in [-0.3, -0.25) is 13.9 Å². The van der Waals surface area contributed by atoms with E-state index in [9.17, 15) is 18.0 Å². The molecule has 0 heterocycles. The highest BCUT2D eigenvalue weighted by atomic mass is 32.2. The topological polar surface area (TPSA) is 86.8 Å². The van der Waals surface area contributed by atoms with Crippen LogP contribution in [0.3, 0.4) is 0 Å². The number of aryl methyl sites for hydroxylation is 1. The van der Waals surface area contributed by atoms with Gasteiger partial charge in [0.15, 0.2) is 0 Å². The van der Waals surface area contributed by atoms with E-state index in [2.05, 4.69) is 5.32 Å². The molecule has 8 heteroatoms. The minimum atomic E-state index is -3.49. The average molecular weight is 488 g/mol. The molecule has 2 aromatic carbocycles. The van der Waals surface area contributed by atoms with Crippen LogP contribution in [-0.4, -0.2) is 50.0 Å². The number of nitrogens with zero attached hydrogens (tertiary/aromatic N) is 2. The molecular formula is C26H37N3O4S. The molecule has 0 aromatic heterocycles. The minimum Gasteiger partial charge on any atom is -0.352 e. The highest BCUT2D eigenvalue weighted by Gasteiger charge is 2.29. The fourth-order valence-electron chi connectivity index (χ4n) is 3.87. The van der Waals surface area contributed by atoms with Crippen molar-refractivity contribution >= 4 is 27.5 Å². The predicted molar refractivity (Wildman–Crippen MR) is 137 cm³/mol. The molecule has 0 spiro atoms. The van der Waals surface area contributed by atoms with E-state index in [1.807, 2.05) is 58.0 Å². The van der Waals surface area contributed by atoms with Crippen LogP contribution in [0, 0.1) is 6.92 Å². The number of benzene rings is 2. The van der Waals surface area contributed by atoms with Gasteiger partial charge >= 0.3 is 0 Å². The number of carbonyl (C=O) groups is 2. The van der Waals surface area contributed by atoms with Crippen LogP contribution >= 0.6 is 0 Å². The molecule has 186 valence electrons. The average Bonchev–Trinajstić information content (AvgIpc) is 2.77. The Hall–Kier alpha value is -2.87. The van der Waals surface area contributed by atoms with Crippen molar-refractivity contribution in [2.24, 2.45) is 0 Å². The summed E-state index contributed by atoms with van der Waals surface area (Å²) in [6.45, 7) is 8.16. The second-order valence-electron chi connectivity index (χ2n) is 8.81. The SMILES string of the molecule is CC[C@H](C(=O)NC(C)C)N(Cc1ccccc1C)C(=O)CCCN(c1ccccc1)S(C)(=O)=O. The van der Waals surface area contributed by atoms with Crippen LogP contribution in [0.4, 0.5) is 5.69 Å². The van der Waals surface area contributed by atoms with Crippen molar-refractivity contribution in [3.8, 4) is 0 Å². The Morgan fingerprint density at radius 1 is 1.00 bits per heavy atom. The summed E-state index contributed by atoms with van der Waals surface area (Å²) in [5.41, 5.74) is 2.59. The Morgan fingerprint density at radius 2 is 1.62 bits per heavy atom. The summed E-state index contributed by atoms with van der Waals surface area (Å²) in [5.74, 6) is -0.350. The van der Waals surface area contributed by atoms with E-state index in [-0.39, 0.29) is 30.8 Å². The van der Waals surface area contributed by atoms with Gasteiger partial charge in [0.2, 0.25) is 21.8 Å². The standard InChI is InChI=1S/C26H37N3O4S/c1-6-24(26(31)27-20(2)3)28(19-22-14-11-10-13-21(22)4)25(30)17-12-18-29(34(5,32)33)23-15-8-7-9-16-23/h7-11,13-16,20,24H,6,12,17-19H2,1-5H3,(H,27,31)/t24-/m1/s1. The highest BCUT2D eigenvalue weighted by molar-refractivity contribution is 7.92. The molecule has 1 atom stereocenters. The third kappa shape index (κ3) is 7.87. The normalized spacial score (nSPS) is 12.3. The monoisotopic (exact) mass is 487 g/mol. The van der Waals surface area contributed by atoms with Crippen LogP contribution in [0.5, 0.6) is 0 Å². The quantitative estimate of drug-likeness (QED) is 0.492. The number of hydrogen-bond donors (Lipinski definition) is 1. The Bertz CT molecular complexity index is 1050. The summed E-state index contributed by atoms with van der Waals surface area (Å²) in [5, 5.41) is 2.92. The van der Waals surface area contributed by atoms with Crippen molar-refractivity contribution in [2.45, 2.75) is 65.6 Å². The van der Waals surface area contributed by atoms with Gasteiger partial charge in [-0.05, 0) is 56.9 Å². The smallest absolute Gasteiger partial charge is 0.243 e. The zero-order valence-electron chi connectivity index (χ0n) is 20.8. The van der Waals surface area contributed by atoms with Crippen LogP contribution in [0.25, 0.3) is 0 Å². The molecular weight excluding hydrogens is 450 g/mol. The van der Waals surface area contributed by atoms with Gasteiger partial charge in [-0.25, -0.2) is 8.42 Å². The van der Waals surface area contributed by atoms with E-state index < -0.39 is 16.1 Å². The predicted octanol–water partition coefficient (Wildman–Crippen LogP) is 3.87. The third-order valence-corrected chi connectivity index (χ3v) is 6.81. The molecule has 1 N–H and O–H groups in total. The number of nitrogens with one attached hydrogen (secondary N) is 1. The summed E-state index contributed by atoms with van der Waals surface area (Å²) >= 11 is 0. The third-order valence-electron chi connectivity index (χ3n) is 5.62. The fraction of sp³-hybridized carbons (Fsp3) is 0.462. The number of anilines is 1. The second-order valence-corrected chi connectivity index (χ2v) is 10.7. The highest BCUT2D eigenvalue weighted by Crippen LogP contribution is 2.20. The molecule has 0 fully saturated rings. The van der Waals surface area contributed by atoms with Crippen molar-refractivity contribution < 1.29 is 18.0 Å². The number of carbonyl (C=O) groups excluding carboxylic acids is 2. The van der Waals surface area contributed by atoms with E-state index in [0.29, 0.717) is 25.1 Å². The van der Waals surface area contributed by atoms with Crippen LogP contribution in [0.2, 0.25) is 0 Å². The Kier molecular flexibility index (Phi) is 10.1. The molecule has 0 unspecified atom stereocenters. The molecule has 0 radical (unpaired) electrons. The Labute approximate surface area is 204 Å². The molecule has 0 saturated carbocycles. The van der Waals surface area contributed by atoms with E-state index in [1.54, 1.807) is 29.2 Å². The van der Waals surface area contributed by atoms with E-state index in [0.717, 1.165) is 17.4 Å². The van der Waals surface area contributed by atoms with Gasteiger partial charge < -0.3 is 10.2 Å². The van der Waals surface area contributed by atoms with Crippen molar-refractivity contribution in [3.05, 3.63) is 65.7 Å². The number of rotatable bonds is 12. The molecule has 2 aromatic rings. The molecule has 0 saturated heterocycles. The van der Waals surface area contributed by atoms with Crippen LogP contribution in [-0.2, 0) is 26.2 Å². The molecule has 7 nitrogen and oxygen atoms in total. The number of hydrogen-bond acceptors (Lipinski definition) is 4. The van der Waals surface area contributed by atoms with Crippen molar-refractivity contribution in [1.82, 2.24) is 10.2 Å². The first kappa shape index (κ1) is 27.4. The maximum Gasteiger partial charge on any atom is 0.243 e. The lowest BCUT2D eigenvalue weighted by molar-refractivity contribution is -0.141. The first-order chi connectivity index (χ1) is 16.0. The molecule has 0 aliphatic heterocycles. The molecule has 0 bridgehead atoms. The maximum absolute atomic E-state index is 13.4. The number of amides is 2. The lowest BCUT2D eigenvalue weighted by Crippen LogP contribution is -2.50. The summed E-state index contributed by atoms with van der Waals surface area (Å²) in [6.07, 6.45) is 2.12. The lowest BCUT2D eigenvalue weighted by atomic mass is 10.0. The maximum atomic E-state index is 13.4. The zero-order valence-corrected chi connectivity index (χ0v) is 21.6. The van der Waals surface area contributed by atoms with Crippen molar-refractivity contribution in [2.75, 3.05) is 17.1 Å². The van der Waals surface area contributed by atoms with Crippen molar-refractivity contribution in [3.63, 3.8) is 0 Å². The van der Waals surface area contributed by atoms with Crippen LogP contribution in [0.15, 0.2) is 54.6 Å². The Morgan fingerprint density at radius 3 is 2.18 bits per heavy atom. The second kappa shape index (κ2) is 12.6. The van der Waals surface area contributed by atoms with Gasteiger partial charge in [0.05, 0.1) is 11.9 Å². The molecule has 2 amide bonds. The van der Waals surface area contributed by atoms with Crippen LogP contribution < -0.4 is 9.62 Å². The molecule has 0 aliphatic rings. The van der Waals surface area contributed by atoms with Gasteiger partial charge in [0, 0.05) is 25.6 Å². The number of para-hydroxylation sites is 1. The van der Waals surface area contributed by atoms with E-state index >= 15 is 0 Å². The Balaban J connectivity index is 2.21. The first-order valence-corrected chi connectivity index (χ1v) is 13.6. The molecule has 2 rings (SSSR count). The first-order valence-electron chi connectivity index (χ1n) is 11.7. The number of sulfonamides is 1. The zero-order chi connectivity index (χ0) is 25.3. The minimum absolute atomic E-state index is 0.0360. The summed E-state index contributed by atoms with van der Waals surface area (Å²) in [6, 6.07) is 16.0. The fourth-order valence-corrected chi connectivity index (χ4v) is 4.83. The molecule has 0 aliphatic carbocycles. The lowest BCUT2D eigenvalue weighted by Gasteiger charge is -2.32. The van der Waals surface area contributed by atoms with Gasteiger partial charge in [0.25, 0.3) is 0 Å². The van der Waals surface area contributed by atoms with E-state index in [4.69, 9.17) is 0 Å². The molecule has 34 heavy (non-hydrogen) atoms. The van der Waals surface area contributed by atoms with Gasteiger partial charge in [0.1, 0.15) is 6.04 Å². The summed E-state index contributed by atoms with van der Waals surface area (Å²) in [4.78, 5) is 27.9. The van der Waals surface area contributed by atoms with Gasteiger partial charge in [-0.1, -0.05) is 49.4 Å². The van der Waals surface area contributed by atoms with Crippen molar-refractivity contribution in [1.29, 1.82) is 0 Å². The van der Waals surface area contributed by atoms with E-state index in [1.165, 1.54) is 4.31 Å².